The summed E-state index contributed by atoms with van der Waals surface area (Å²) in [7, 11) is 0. The molecule has 1 amide bonds. The highest BCUT2D eigenvalue weighted by atomic mass is 79.9. The van der Waals surface area contributed by atoms with Crippen LogP contribution in [0.2, 0.25) is 0 Å². The molecule has 0 bridgehead atoms. The number of hydrogen-bond donors (Lipinski definition) is 2. The lowest BCUT2D eigenvalue weighted by Crippen LogP contribution is -2.27. The lowest BCUT2D eigenvalue weighted by molar-refractivity contribution is -0.115. The van der Waals surface area contributed by atoms with E-state index in [-0.39, 0.29) is 5.91 Å². The minimum Gasteiger partial charge on any atom is -0.382 e. The van der Waals surface area contributed by atoms with E-state index in [2.05, 4.69) is 38.7 Å². The molecule has 6 heteroatoms. The first-order chi connectivity index (χ1) is 12.7. The Kier molecular flexibility index (Phi) is 7.41. The summed E-state index contributed by atoms with van der Waals surface area (Å²) in [6.45, 7) is 1.65. The van der Waals surface area contributed by atoms with Crippen LogP contribution in [0.25, 0.3) is 0 Å². The van der Waals surface area contributed by atoms with Crippen LogP contribution in [0.5, 0.6) is 0 Å². The molecule has 4 nitrogen and oxygen atoms in total. The topological polar surface area (TPSA) is 50.4 Å². The molecule has 0 aliphatic carbocycles. The van der Waals surface area contributed by atoms with Gasteiger partial charge in [0.15, 0.2) is 0 Å². The van der Waals surface area contributed by atoms with Crippen molar-refractivity contribution < 1.29 is 9.53 Å². The number of anilines is 2. The van der Waals surface area contributed by atoms with Crippen molar-refractivity contribution in [3.05, 3.63) is 53.0 Å². The number of nitrogens with one attached hydrogen (secondary N) is 2. The summed E-state index contributed by atoms with van der Waals surface area (Å²) in [5.74, 6) is 0.802. The van der Waals surface area contributed by atoms with Gasteiger partial charge in [-0.05, 0) is 61.4 Å². The highest BCUT2D eigenvalue weighted by Gasteiger charge is 2.13. The Hall–Kier alpha value is -1.50. The molecule has 3 rings (SSSR count). The van der Waals surface area contributed by atoms with E-state index in [1.165, 1.54) is 4.90 Å². The molecule has 1 heterocycles. The third kappa shape index (κ3) is 6.34. The Morgan fingerprint density at radius 3 is 2.38 bits per heavy atom. The molecule has 138 valence electrons. The van der Waals surface area contributed by atoms with Gasteiger partial charge in [0, 0.05) is 52.2 Å². The van der Waals surface area contributed by atoms with Crippen molar-refractivity contribution >= 4 is 45.0 Å². The number of thioether (sulfide) groups is 1. The van der Waals surface area contributed by atoms with Gasteiger partial charge < -0.3 is 15.4 Å². The minimum atomic E-state index is 0.0414. The van der Waals surface area contributed by atoms with Crippen molar-refractivity contribution in [3.63, 3.8) is 0 Å². The molecule has 1 aliphatic rings. The Balaban J connectivity index is 1.40. The summed E-state index contributed by atoms with van der Waals surface area (Å²) < 4.78 is 6.44. The number of ether oxygens (including phenoxy) is 1. The normalized spacial score (nSPS) is 14.8. The lowest BCUT2D eigenvalue weighted by Gasteiger charge is -2.24. The number of amides is 1. The van der Waals surface area contributed by atoms with Crippen LogP contribution < -0.4 is 10.6 Å². The molecule has 0 saturated carbocycles. The third-order valence-corrected chi connectivity index (χ3v) is 5.71. The molecule has 1 fully saturated rings. The van der Waals surface area contributed by atoms with Crippen molar-refractivity contribution in [3.8, 4) is 0 Å². The van der Waals surface area contributed by atoms with E-state index in [0.29, 0.717) is 12.5 Å². The van der Waals surface area contributed by atoms with Gasteiger partial charge in [-0.3, -0.25) is 4.79 Å². The summed E-state index contributed by atoms with van der Waals surface area (Å²) in [5, 5.41) is 6.48. The molecular formula is C20H23BrN2O2S. The Morgan fingerprint density at radius 2 is 1.69 bits per heavy atom. The zero-order valence-electron chi connectivity index (χ0n) is 14.5. The van der Waals surface area contributed by atoms with Crippen LogP contribution in [0.15, 0.2) is 57.9 Å². The van der Waals surface area contributed by atoms with Crippen molar-refractivity contribution in [2.45, 2.75) is 30.2 Å². The molecule has 0 radical (unpaired) electrons. The fourth-order valence-corrected chi connectivity index (χ4v) is 3.86. The average Bonchev–Trinajstić information content (AvgIpc) is 2.66. The maximum absolute atomic E-state index is 12.1. The van der Waals surface area contributed by atoms with E-state index < -0.39 is 0 Å². The Bertz CT molecular complexity index is 701. The second kappa shape index (κ2) is 10.00. The van der Waals surface area contributed by atoms with Gasteiger partial charge >= 0.3 is 0 Å². The molecule has 0 unspecified atom stereocenters. The van der Waals surface area contributed by atoms with Crippen molar-refractivity contribution in [2.75, 3.05) is 29.6 Å². The highest BCUT2D eigenvalue weighted by molar-refractivity contribution is 9.10. The van der Waals surface area contributed by atoms with Crippen molar-refractivity contribution in [1.29, 1.82) is 0 Å². The van der Waals surface area contributed by atoms with E-state index in [9.17, 15) is 4.79 Å². The molecule has 0 aromatic heterocycles. The van der Waals surface area contributed by atoms with Gasteiger partial charge in [-0.25, -0.2) is 0 Å². The van der Waals surface area contributed by atoms with E-state index in [1.54, 1.807) is 11.8 Å². The standard InChI is InChI=1S/C20H23BrN2O2S/c21-15-1-7-19(8-2-15)26-14-11-20(24)23-17-5-3-16(4-6-17)22-18-9-12-25-13-10-18/h1-8,18,22H,9-14H2,(H,23,24). The highest BCUT2D eigenvalue weighted by Crippen LogP contribution is 2.22. The van der Waals surface area contributed by atoms with Gasteiger partial charge in [-0.15, -0.1) is 11.8 Å². The van der Waals surface area contributed by atoms with Gasteiger partial charge in [0.1, 0.15) is 0 Å². The summed E-state index contributed by atoms with van der Waals surface area (Å²) in [6.07, 6.45) is 2.56. The molecule has 1 saturated heterocycles. The van der Waals surface area contributed by atoms with Crippen molar-refractivity contribution in [1.82, 2.24) is 0 Å². The second-order valence-electron chi connectivity index (χ2n) is 6.21. The summed E-state index contributed by atoms with van der Waals surface area (Å²) in [5.41, 5.74) is 1.92. The van der Waals surface area contributed by atoms with E-state index in [1.807, 2.05) is 36.4 Å². The fourth-order valence-electron chi connectivity index (χ4n) is 2.74. The van der Waals surface area contributed by atoms with Gasteiger partial charge in [-0.1, -0.05) is 15.9 Å². The second-order valence-corrected chi connectivity index (χ2v) is 8.29. The van der Waals surface area contributed by atoms with Crippen LogP contribution in [0.3, 0.4) is 0 Å². The first kappa shape index (κ1) is 19.3. The molecule has 2 N–H and O–H groups in total. The first-order valence-electron chi connectivity index (χ1n) is 8.81. The maximum atomic E-state index is 12.1. The third-order valence-electron chi connectivity index (χ3n) is 4.17. The molecule has 0 atom stereocenters. The Labute approximate surface area is 167 Å². The molecule has 0 spiro atoms. The van der Waals surface area contributed by atoms with Crippen LogP contribution >= 0.6 is 27.7 Å². The number of halogens is 1. The predicted molar refractivity (Wildman–Crippen MR) is 112 cm³/mol. The van der Waals surface area contributed by atoms with Crippen LogP contribution in [0.1, 0.15) is 19.3 Å². The largest absolute Gasteiger partial charge is 0.382 e. The van der Waals surface area contributed by atoms with Gasteiger partial charge in [-0.2, -0.15) is 0 Å². The minimum absolute atomic E-state index is 0.0414. The van der Waals surface area contributed by atoms with Crippen LogP contribution in [-0.4, -0.2) is 30.9 Å². The molecule has 1 aliphatic heterocycles. The number of benzene rings is 2. The molecule has 2 aromatic carbocycles. The molecule has 26 heavy (non-hydrogen) atoms. The Morgan fingerprint density at radius 1 is 1.04 bits per heavy atom. The van der Waals surface area contributed by atoms with Crippen LogP contribution in [0, 0.1) is 0 Å². The lowest BCUT2D eigenvalue weighted by atomic mass is 10.1. The van der Waals surface area contributed by atoms with Crippen LogP contribution in [-0.2, 0) is 9.53 Å². The van der Waals surface area contributed by atoms with Gasteiger partial charge in [0.25, 0.3) is 0 Å². The smallest absolute Gasteiger partial charge is 0.225 e. The predicted octanol–water partition coefficient (Wildman–Crippen LogP) is 5.16. The zero-order chi connectivity index (χ0) is 18.2. The number of carbonyl (C=O) groups excluding carboxylic acids is 1. The fraction of sp³-hybridized carbons (Fsp3) is 0.350. The van der Waals surface area contributed by atoms with E-state index >= 15 is 0 Å². The summed E-state index contributed by atoms with van der Waals surface area (Å²) >= 11 is 5.11. The quantitative estimate of drug-likeness (QED) is 0.590. The maximum Gasteiger partial charge on any atom is 0.225 e. The first-order valence-corrected chi connectivity index (χ1v) is 10.6. The summed E-state index contributed by atoms with van der Waals surface area (Å²) in [6, 6.07) is 16.5. The SMILES string of the molecule is O=C(CCSc1ccc(Br)cc1)Nc1ccc(NC2CCOCC2)cc1. The monoisotopic (exact) mass is 434 g/mol. The average molecular weight is 435 g/mol. The van der Waals surface area contributed by atoms with E-state index in [4.69, 9.17) is 4.74 Å². The van der Waals surface area contributed by atoms with Gasteiger partial charge in [0.2, 0.25) is 5.91 Å². The van der Waals surface area contributed by atoms with Crippen molar-refractivity contribution in [2.24, 2.45) is 0 Å². The molecule has 2 aromatic rings. The summed E-state index contributed by atoms with van der Waals surface area (Å²) in [4.78, 5) is 13.3. The van der Waals surface area contributed by atoms with Crippen LogP contribution in [0.4, 0.5) is 11.4 Å². The molecular weight excluding hydrogens is 412 g/mol. The zero-order valence-corrected chi connectivity index (χ0v) is 16.9. The number of carbonyl (C=O) groups is 1. The number of rotatable bonds is 7. The van der Waals surface area contributed by atoms with E-state index in [0.717, 1.165) is 47.7 Å². The van der Waals surface area contributed by atoms with Gasteiger partial charge in [0.05, 0.1) is 0 Å². The number of hydrogen-bond acceptors (Lipinski definition) is 4.